The number of rotatable bonds is 4. The van der Waals surface area contributed by atoms with Crippen molar-refractivity contribution in [3.63, 3.8) is 0 Å². The number of aliphatic hydroxyl groups is 1. The Hall–Kier alpha value is -0.860. The van der Waals surface area contributed by atoms with Crippen LogP contribution in [0.2, 0.25) is 0 Å². The summed E-state index contributed by atoms with van der Waals surface area (Å²) >= 11 is 0. The lowest BCUT2D eigenvalue weighted by Gasteiger charge is -2.43. The fourth-order valence-electron chi connectivity index (χ4n) is 2.45. The second-order valence-electron chi connectivity index (χ2n) is 4.40. The molecule has 0 heterocycles. The van der Waals surface area contributed by atoms with Gasteiger partial charge in [-0.25, -0.2) is 0 Å². The fourth-order valence-corrected chi connectivity index (χ4v) is 2.45. The van der Waals surface area contributed by atoms with Gasteiger partial charge >= 0.3 is 0 Å². The summed E-state index contributed by atoms with van der Waals surface area (Å²) in [4.78, 5) is 0. The molecule has 2 nitrogen and oxygen atoms in total. The molecule has 1 aliphatic rings. The highest BCUT2D eigenvalue weighted by molar-refractivity contribution is 5.24. The van der Waals surface area contributed by atoms with E-state index in [9.17, 15) is 0 Å². The van der Waals surface area contributed by atoms with Crippen LogP contribution in [0.3, 0.4) is 0 Å². The second kappa shape index (κ2) is 4.77. The van der Waals surface area contributed by atoms with Gasteiger partial charge in [0, 0.05) is 12.6 Å². The minimum atomic E-state index is 0.235. The monoisotopic (exact) mass is 205 g/mol. The first-order valence-corrected chi connectivity index (χ1v) is 5.72. The average Bonchev–Trinajstić information content (AvgIpc) is 2.29. The molecule has 0 aromatic heterocycles. The molecule has 2 N–H and O–H groups in total. The lowest BCUT2D eigenvalue weighted by Crippen LogP contribution is -2.48. The molecule has 2 rings (SSSR count). The van der Waals surface area contributed by atoms with Crippen molar-refractivity contribution in [1.29, 1.82) is 0 Å². The zero-order valence-electron chi connectivity index (χ0n) is 9.19. The largest absolute Gasteiger partial charge is 0.395 e. The zero-order valence-corrected chi connectivity index (χ0v) is 9.19. The van der Waals surface area contributed by atoms with Crippen LogP contribution in [-0.2, 0) is 0 Å². The highest BCUT2D eigenvalue weighted by atomic mass is 16.3. The Morgan fingerprint density at radius 3 is 2.67 bits per heavy atom. The lowest BCUT2D eigenvalue weighted by atomic mass is 9.67. The first kappa shape index (κ1) is 10.7. The van der Waals surface area contributed by atoms with Crippen LogP contribution in [0.15, 0.2) is 30.3 Å². The van der Waals surface area contributed by atoms with E-state index in [-0.39, 0.29) is 6.61 Å². The third kappa shape index (κ3) is 2.21. The second-order valence-corrected chi connectivity index (χ2v) is 4.40. The van der Waals surface area contributed by atoms with Crippen LogP contribution < -0.4 is 5.32 Å². The van der Waals surface area contributed by atoms with Gasteiger partial charge in [0.1, 0.15) is 0 Å². The Kier molecular flexibility index (Phi) is 3.39. The molecule has 0 radical (unpaired) electrons. The van der Waals surface area contributed by atoms with E-state index in [0.29, 0.717) is 17.9 Å². The van der Waals surface area contributed by atoms with E-state index in [4.69, 9.17) is 5.11 Å². The summed E-state index contributed by atoms with van der Waals surface area (Å²) in [5.74, 6) is 1.38. The van der Waals surface area contributed by atoms with Gasteiger partial charge in [-0.05, 0) is 23.8 Å². The predicted octanol–water partition coefficient (Wildman–Crippen LogP) is 1.76. The summed E-state index contributed by atoms with van der Waals surface area (Å²) in [7, 11) is 0. The third-order valence-electron chi connectivity index (χ3n) is 3.52. The summed E-state index contributed by atoms with van der Waals surface area (Å²) in [5, 5.41) is 12.1. The Morgan fingerprint density at radius 1 is 1.33 bits per heavy atom. The number of nitrogens with one attached hydrogen (secondary N) is 1. The molecule has 1 aliphatic carbocycles. The normalized spacial score (nSPS) is 29.9. The standard InChI is InChI=1S/C13H19NO/c1-10-12(9-13(10)14-7-8-15)11-5-3-2-4-6-11/h2-6,10,12-15H,7-9H2,1H3/t10-,12+,13-/m0/s1. The molecule has 1 aromatic carbocycles. The topological polar surface area (TPSA) is 32.3 Å². The molecule has 0 saturated heterocycles. The van der Waals surface area contributed by atoms with Crippen LogP contribution in [0.4, 0.5) is 0 Å². The summed E-state index contributed by atoms with van der Waals surface area (Å²) in [6.07, 6.45) is 1.20. The van der Waals surface area contributed by atoms with Gasteiger partial charge in [-0.2, -0.15) is 0 Å². The molecule has 0 spiro atoms. The Morgan fingerprint density at radius 2 is 2.07 bits per heavy atom. The fraction of sp³-hybridized carbons (Fsp3) is 0.538. The maximum atomic E-state index is 8.74. The summed E-state index contributed by atoms with van der Waals surface area (Å²) in [6, 6.07) is 11.3. The molecule has 3 atom stereocenters. The Labute approximate surface area is 91.3 Å². The summed E-state index contributed by atoms with van der Waals surface area (Å²) in [5.41, 5.74) is 1.45. The van der Waals surface area contributed by atoms with Gasteiger partial charge in [-0.15, -0.1) is 0 Å². The summed E-state index contributed by atoms with van der Waals surface area (Å²) < 4.78 is 0. The van der Waals surface area contributed by atoms with Crippen molar-refractivity contribution < 1.29 is 5.11 Å². The lowest BCUT2D eigenvalue weighted by molar-refractivity contribution is 0.171. The molecule has 1 saturated carbocycles. The molecular formula is C13H19NO. The molecule has 0 aliphatic heterocycles. The van der Waals surface area contributed by atoms with E-state index in [2.05, 4.69) is 42.6 Å². The van der Waals surface area contributed by atoms with Crippen molar-refractivity contribution in [2.75, 3.05) is 13.2 Å². The maximum Gasteiger partial charge on any atom is 0.0556 e. The minimum Gasteiger partial charge on any atom is -0.395 e. The molecule has 0 amide bonds. The Balaban J connectivity index is 1.89. The molecule has 0 bridgehead atoms. The number of hydrogen-bond acceptors (Lipinski definition) is 2. The van der Waals surface area contributed by atoms with Gasteiger partial charge in [0.15, 0.2) is 0 Å². The van der Waals surface area contributed by atoms with Crippen LogP contribution >= 0.6 is 0 Å². The molecule has 15 heavy (non-hydrogen) atoms. The smallest absolute Gasteiger partial charge is 0.0556 e. The van der Waals surface area contributed by atoms with Crippen molar-refractivity contribution in [3.8, 4) is 0 Å². The van der Waals surface area contributed by atoms with Gasteiger partial charge in [0.05, 0.1) is 6.61 Å². The summed E-state index contributed by atoms with van der Waals surface area (Å²) in [6.45, 7) is 3.24. The molecular weight excluding hydrogens is 186 g/mol. The Bertz CT molecular complexity index is 299. The molecule has 0 unspecified atom stereocenters. The van der Waals surface area contributed by atoms with Gasteiger partial charge in [0.2, 0.25) is 0 Å². The van der Waals surface area contributed by atoms with E-state index in [1.807, 2.05) is 0 Å². The SMILES string of the molecule is C[C@@H]1[C@@H](NCCO)C[C@H]1c1ccccc1. The first-order chi connectivity index (χ1) is 7.33. The van der Waals surface area contributed by atoms with Crippen molar-refractivity contribution in [2.24, 2.45) is 5.92 Å². The van der Waals surface area contributed by atoms with Gasteiger partial charge in [-0.3, -0.25) is 0 Å². The van der Waals surface area contributed by atoms with Gasteiger partial charge in [-0.1, -0.05) is 37.3 Å². The number of benzene rings is 1. The minimum absolute atomic E-state index is 0.235. The van der Waals surface area contributed by atoms with E-state index in [1.54, 1.807) is 0 Å². The molecule has 2 heteroatoms. The van der Waals surface area contributed by atoms with Crippen molar-refractivity contribution in [1.82, 2.24) is 5.32 Å². The molecule has 1 aromatic rings. The van der Waals surface area contributed by atoms with E-state index in [1.165, 1.54) is 12.0 Å². The van der Waals surface area contributed by atoms with Crippen LogP contribution in [0.25, 0.3) is 0 Å². The maximum absolute atomic E-state index is 8.74. The van der Waals surface area contributed by atoms with Crippen LogP contribution in [0, 0.1) is 5.92 Å². The first-order valence-electron chi connectivity index (χ1n) is 5.72. The third-order valence-corrected chi connectivity index (χ3v) is 3.52. The quantitative estimate of drug-likeness (QED) is 0.785. The van der Waals surface area contributed by atoms with Gasteiger partial charge < -0.3 is 10.4 Å². The number of hydrogen-bond donors (Lipinski definition) is 2. The van der Waals surface area contributed by atoms with Crippen LogP contribution in [0.1, 0.15) is 24.8 Å². The highest BCUT2D eigenvalue weighted by Crippen LogP contribution is 2.42. The number of aliphatic hydroxyl groups excluding tert-OH is 1. The molecule has 82 valence electrons. The highest BCUT2D eigenvalue weighted by Gasteiger charge is 2.37. The van der Waals surface area contributed by atoms with Crippen molar-refractivity contribution in [3.05, 3.63) is 35.9 Å². The molecule has 1 fully saturated rings. The van der Waals surface area contributed by atoms with Crippen molar-refractivity contribution in [2.45, 2.75) is 25.3 Å². The van der Waals surface area contributed by atoms with E-state index in [0.717, 1.165) is 6.54 Å². The van der Waals surface area contributed by atoms with E-state index >= 15 is 0 Å². The van der Waals surface area contributed by atoms with Crippen LogP contribution in [0.5, 0.6) is 0 Å². The average molecular weight is 205 g/mol. The van der Waals surface area contributed by atoms with Crippen LogP contribution in [-0.4, -0.2) is 24.3 Å². The van der Waals surface area contributed by atoms with Crippen molar-refractivity contribution >= 4 is 0 Å². The zero-order chi connectivity index (χ0) is 10.7. The predicted molar refractivity (Wildman–Crippen MR) is 61.8 cm³/mol. The van der Waals surface area contributed by atoms with Gasteiger partial charge in [0.25, 0.3) is 0 Å². The van der Waals surface area contributed by atoms with E-state index < -0.39 is 0 Å².